The Balaban J connectivity index is 1.69. The van der Waals surface area contributed by atoms with Crippen LogP contribution in [-0.4, -0.2) is 48.5 Å². The van der Waals surface area contributed by atoms with Gasteiger partial charge in [0.05, 0.1) is 24.4 Å². The maximum atomic E-state index is 11.7. The van der Waals surface area contributed by atoms with Gasteiger partial charge in [0.2, 0.25) is 0 Å². The van der Waals surface area contributed by atoms with Crippen molar-refractivity contribution >= 4 is 18.9 Å². The first-order valence-electron chi connectivity index (χ1n) is 10.5. The molecule has 1 unspecified atom stereocenters. The summed E-state index contributed by atoms with van der Waals surface area (Å²) < 4.78 is 23.9. The lowest BCUT2D eigenvalue weighted by atomic mass is 9.75. The van der Waals surface area contributed by atoms with Gasteiger partial charge < -0.3 is 23.9 Å². The Hall–Kier alpha value is -2.19. The van der Waals surface area contributed by atoms with Crippen molar-refractivity contribution < 1.29 is 28.7 Å². The van der Waals surface area contributed by atoms with Crippen molar-refractivity contribution in [1.82, 2.24) is 0 Å². The van der Waals surface area contributed by atoms with E-state index in [-0.39, 0.29) is 13.2 Å². The zero-order valence-corrected chi connectivity index (χ0v) is 18.9. The fraction of sp³-hybridized carbons (Fsp3) is 0.458. The molecule has 0 aliphatic carbocycles. The number of carbonyl (C=O) groups excluding carboxylic acids is 1. The molecule has 1 aliphatic rings. The van der Waals surface area contributed by atoms with Gasteiger partial charge in [-0.05, 0) is 46.2 Å². The molecular formula is C24H31BO6. The zero-order chi connectivity index (χ0) is 22.7. The molecule has 0 radical (unpaired) electrons. The molecule has 31 heavy (non-hydrogen) atoms. The van der Waals surface area contributed by atoms with Crippen LogP contribution in [-0.2, 0) is 20.7 Å². The summed E-state index contributed by atoms with van der Waals surface area (Å²) in [5.74, 6) is 0.437. The number of hydrogen-bond acceptors (Lipinski definition) is 6. The Bertz CT molecular complexity index is 878. The van der Waals surface area contributed by atoms with Crippen LogP contribution < -0.4 is 10.2 Å². The minimum absolute atomic E-state index is 0.0173. The lowest BCUT2D eigenvalue weighted by molar-refractivity contribution is -0.0635. The van der Waals surface area contributed by atoms with Gasteiger partial charge >= 0.3 is 7.12 Å². The van der Waals surface area contributed by atoms with Crippen LogP contribution in [0.1, 0.15) is 50.5 Å². The maximum Gasteiger partial charge on any atom is 0.499 e. The monoisotopic (exact) mass is 426 g/mol. The third-order valence-corrected chi connectivity index (χ3v) is 5.78. The van der Waals surface area contributed by atoms with Gasteiger partial charge in [0.25, 0.3) is 0 Å². The summed E-state index contributed by atoms with van der Waals surface area (Å²) in [6, 6.07) is 14.9. The van der Waals surface area contributed by atoms with E-state index in [1.807, 2.05) is 58.0 Å². The van der Waals surface area contributed by atoms with E-state index in [4.69, 9.17) is 18.8 Å². The lowest BCUT2D eigenvalue weighted by Crippen LogP contribution is -2.41. The second kappa shape index (κ2) is 9.13. The summed E-state index contributed by atoms with van der Waals surface area (Å²) in [5.41, 5.74) is -0.350. The van der Waals surface area contributed by atoms with Crippen LogP contribution in [0.3, 0.4) is 0 Å². The molecule has 0 amide bonds. The van der Waals surface area contributed by atoms with Crippen LogP contribution in [0, 0.1) is 0 Å². The van der Waals surface area contributed by atoms with E-state index < -0.39 is 23.9 Å². The third-order valence-electron chi connectivity index (χ3n) is 5.78. The number of carbonyl (C=O) groups is 1. The molecule has 1 fully saturated rings. The summed E-state index contributed by atoms with van der Waals surface area (Å²) in [6.45, 7) is 9.93. The molecular weight excluding hydrogens is 395 g/mol. The summed E-state index contributed by atoms with van der Waals surface area (Å²) >= 11 is 0. The molecule has 0 saturated carbocycles. The van der Waals surface area contributed by atoms with Gasteiger partial charge in [0, 0.05) is 11.0 Å². The highest BCUT2D eigenvalue weighted by Gasteiger charge is 2.53. The Kier molecular flexibility index (Phi) is 6.91. The van der Waals surface area contributed by atoms with Gasteiger partial charge in [-0.15, -0.1) is 0 Å². The van der Waals surface area contributed by atoms with Crippen LogP contribution in [0.2, 0.25) is 0 Å². The number of aliphatic hydroxyl groups is 1. The van der Waals surface area contributed by atoms with Crippen LogP contribution in [0.15, 0.2) is 48.5 Å². The molecule has 1 saturated heterocycles. The number of ether oxygens (including phenoxy) is 2. The predicted octanol–water partition coefficient (Wildman–Crippen LogP) is 3.14. The minimum Gasteiger partial charge on any atom is -0.491 e. The Morgan fingerprint density at radius 1 is 1.00 bits per heavy atom. The van der Waals surface area contributed by atoms with Crippen LogP contribution in [0.4, 0.5) is 0 Å². The molecule has 166 valence electrons. The molecule has 2 aromatic rings. The highest BCUT2D eigenvalue weighted by atomic mass is 16.7. The molecule has 0 bridgehead atoms. The molecule has 0 spiro atoms. The summed E-state index contributed by atoms with van der Waals surface area (Å²) in [5, 5.41) is 10.7. The fourth-order valence-electron chi connectivity index (χ4n) is 3.24. The van der Waals surface area contributed by atoms with Crippen molar-refractivity contribution in [1.29, 1.82) is 0 Å². The Labute approximate surface area is 184 Å². The Morgan fingerprint density at radius 2 is 1.65 bits per heavy atom. The maximum absolute atomic E-state index is 11.7. The topological polar surface area (TPSA) is 74.2 Å². The Morgan fingerprint density at radius 3 is 2.26 bits per heavy atom. The smallest absolute Gasteiger partial charge is 0.491 e. The van der Waals surface area contributed by atoms with E-state index in [2.05, 4.69) is 0 Å². The van der Waals surface area contributed by atoms with E-state index in [0.717, 1.165) is 11.8 Å². The van der Waals surface area contributed by atoms with Gasteiger partial charge in [-0.2, -0.15) is 0 Å². The van der Waals surface area contributed by atoms with Crippen LogP contribution >= 0.6 is 0 Å². The zero-order valence-electron chi connectivity index (χ0n) is 18.9. The number of benzene rings is 2. The first-order chi connectivity index (χ1) is 14.5. The largest absolute Gasteiger partial charge is 0.499 e. The molecule has 0 aromatic heterocycles. The van der Waals surface area contributed by atoms with Crippen LogP contribution in [0.25, 0.3) is 0 Å². The van der Waals surface area contributed by atoms with Gasteiger partial charge in [0.1, 0.15) is 24.2 Å². The average Bonchev–Trinajstić information content (AvgIpc) is 2.93. The molecule has 6 nitrogen and oxygen atoms in total. The number of rotatable bonds is 9. The van der Waals surface area contributed by atoms with E-state index in [1.54, 1.807) is 25.1 Å². The lowest BCUT2D eigenvalue weighted by Gasteiger charge is -2.32. The molecule has 7 heteroatoms. The van der Waals surface area contributed by atoms with Crippen molar-refractivity contribution in [2.24, 2.45) is 0 Å². The SMILES string of the molecule is CC(O)(COCc1ccccc1)COc1cccc(C=O)c1B1OC(C)(C)C(C)(C)O1. The molecule has 1 N–H and O–H groups in total. The van der Waals surface area contributed by atoms with Gasteiger partial charge in [-0.3, -0.25) is 4.79 Å². The number of aldehydes is 1. The van der Waals surface area contributed by atoms with E-state index in [1.165, 1.54) is 0 Å². The normalized spacial score (nSPS) is 19.1. The van der Waals surface area contributed by atoms with Gasteiger partial charge in [0.15, 0.2) is 0 Å². The van der Waals surface area contributed by atoms with E-state index in [0.29, 0.717) is 23.4 Å². The number of hydrogen-bond donors (Lipinski definition) is 1. The van der Waals surface area contributed by atoms with Gasteiger partial charge in [-0.25, -0.2) is 0 Å². The molecule has 1 aliphatic heterocycles. The van der Waals surface area contributed by atoms with Crippen molar-refractivity contribution in [3.8, 4) is 5.75 Å². The van der Waals surface area contributed by atoms with Gasteiger partial charge in [-0.1, -0.05) is 42.5 Å². The molecule has 3 rings (SSSR count). The van der Waals surface area contributed by atoms with Crippen molar-refractivity contribution in [2.75, 3.05) is 13.2 Å². The fourth-order valence-corrected chi connectivity index (χ4v) is 3.24. The highest BCUT2D eigenvalue weighted by Crippen LogP contribution is 2.37. The minimum atomic E-state index is -1.22. The summed E-state index contributed by atoms with van der Waals surface area (Å²) in [4.78, 5) is 11.7. The standard InChI is InChI=1S/C24H31BO6/c1-22(2)23(3,4)31-25(30-22)21-19(14-26)12-9-13-20(21)29-17-24(5,27)16-28-15-18-10-7-6-8-11-18/h6-14,27H,15-17H2,1-5H3. The second-order valence-corrected chi connectivity index (χ2v) is 9.23. The summed E-state index contributed by atoms with van der Waals surface area (Å²) in [6.07, 6.45) is 0.758. The predicted molar refractivity (Wildman–Crippen MR) is 120 cm³/mol. The van der Waals surface area contributed by atoms with Crippen molar-refractivity contribution in [3.63, 3.8) is 0 Å². The third kappa shape index (κ3) is 5.55. The quantitative estimate of drug-likeness (QED) is 0.491. The van der Waals surface area contributed by atoms with E-state index >= 15 is 0 Å². The van der Waals surface area contributed by atoms with Crippen LogP contribution in [0.5, 0.6) is 5.75 Å². The highest BCUT2D eigenvalue weighted by molar-refractivity contribution is 6.64. The first kappa shape index (κ1) is 23.5. The molecule has 1 heterocycles. The first-order valence-corrected chi connectivity index (χ1v) is 10.5. The average molecular weight is 426 g/mol. The second-order valence-electron chi connectivity index (χ2n) is 9.23. The van der Waals surface area contributed by atoms with Crippen molar-refractivity contribution in [2.45, 2.75) is 58.0 Å². The molecule has 2 aromatic carbocycles. The van der Waals surface area contributed by atoms with Crippen molar-refractivity contribution in [3.05, 3.63) is 59.7 Å². The summed E-state index contributed by atoms with van der Waals surface area (Å²) in [7, 11) is -0.749. The molecule has 1 atom stereocenters. The van der Waals surface area contributed by atoms with E-state index in [9.17, 15) is 9.90 Å².